The summed E-state index contributed by atoms with van der Waals surface area (Å²) in [7, 11) is 0. The van der Waals surface area contributed by atoms with Crippen LogP contribution in [-0.4, -0.2) is 18.0 Å². The number of hydrazone groups is 1. The third kappa shape index (κ3) is 6.84. The maximum Gasteiger partial charge on any atom is 0.329 e. The number of carbonyl (C=O) groups excluding carboxylic acids is 2. The summed E-state index contributed by atoms with van der Waals surface area (Å²) in [5.41, 5.74) is 5.17. The molecule has 6 nitrogen and oxygen atoms in total. The summed E-state index contributed by atoms with van der Waals surface area (Å²) < 4.78 is 5.71. The number of anilines is 1. The molecule has 3 aromatic carbocycles. The molecule has 0 saturated carbocycles. The van der Waals surface area contributed by atoms with Gasteiger partial charge in [-0.1, -0.05) is 41.4 Å². The van der Waals surface area contributed by atoms with Crippen LogP contribution in [-0.2, 0) is 16.2 Å². The molecule has 8 heteroatoms. The van der Waals surface area contributed by atoms with E-state index in [0.29, 0.717) is 28.1 Å². The van der Waals surface area contributed by atoms with Gasteiger partial charge in [-0.05, 0) is 72.1 Å². The number of nitrogens with zero attached hydrogens (tertiary/aromatic N) is 1. The van der Waals surface area contributed by atoms with Crippen molar-refractivity contribution in [2.45, 2.75) is 13.5 Å². The summed E-state index contributed by atoms with van der Waals surface area (Å²) in [4.78, 5) is 23.8. The van der Waals surface area contributed by atoms with E-state index in [-0.39, 0.29) is 0 Å². The molecule has 0 saturated heterocycles. The Morgan fingerprint density at radius 3 is 2.48 bits per heavy atom. The van der Waals surface area contributed by atoms with E-state index in [4.69, 9.17) is 27.9 Å². The average Bonchev–Trinajstić information content (AvgIpc) is 2.75. The SMILES string of the molecule is Cc1ccc(NC(=O)C(=O)N/N=C/c2ccc(OCc3cccc(Cl)c3)cc2)cc1Cl. The third-order valence-corrected chi connectivity index (χ3v) is 4.83. The molecule has 2 N–H and O–H groups in total. The number of hydrogen-bond donors (Lipinski definition) is 2. The van der Waals surface area contributed by atoms with Crippen LogP contribution in [0.2, 0.25) is 10.0 Å². The van der Waals surface area contributed by atoms with Crippen LogP contribution in [0, 0.1) is 6.92 Å². The summed E-state index contributed by atoms with van der Waals surface area (Å²) in [6.45, 7) is 2.23. The Balaban J connectivity index is 1.48. The molecule has 158 valence electrons. The number of benzene rings is 3. The Bertz CT molecular complexity index is 1120. The van der Waals surface area contributed by atoms with E-state index in [9.17, 15) is 9.59 Å². The summed E-state index contributed by atoms with van der Waals surface area (Å²) in [5, 5.41) is 7.42. The zero-order valence-electron chi connectivity index (χ0n) is 16.6. The minimum atomic E-state index is -0.894. The molecule has 2 amide bonds. The lowest BCUT2D eigenvalue weighted by atomic mass is 10.2. The Kier molecular flexibility index (Phi) is 7.65. The van der Waals surface area contributed by atoms with E-state index < -0.39 is 11.8 Å². The first kappa shape index (κ1) is 22.3. The fraction of sp³-hybridized carbons (Fsp3) is 0.0870. The van der Waals surface area contributed by atoms with Crippen LogP contribution >= 0.6 is 23.2 Å². The highest BCUT2D eigenvalue weighted by Gasteiger charge is 2.13. The molecule has 3 aromatic rings. The fourth-order valence-corrected chi connectivity index (χ4v) is 2.91. The summed E-state index contributed by atoms with van der Waals surface area (Å²) in [6, 6.07) is 19.5. The molecule has 3 rings (SSSR count). The molecular formula is C23H19Cl2N3O3. The van der Waals surface area contributed by atoms with Crippen LogP contribution in [0.25, 0.3) is 0 Å². The largest absolute Gasteiger partial charge is 0.489 e. The van der Waals surface area contributed by atoms with Crippen molar-refractivity contribution >= 4 is 46.9 Å². The van der Waals surface area contributed by atoms with Gasteiger partial charge in [0.2, 0.25) is 0 Å². The maximum absolute atomic E-state index is 11.9. The van der Waals surface area contributed by atoms with Gasteiger partial charge in [0, 0.05) is 15.7 Å². The predicted molar refractivity (Wildman–Crippen MR) is 123 cm³/mol. The van der Waals surface area contributed by atoms with Crippen molar-refractivity contribution < 1.29 is 14.3 Å². The molecule has 0 heterocycles. The summed E-state index contributed by atoms with van der Waals surface area (Å²) in [6.07, 6.45) is 1.43. The van der Waals surface area contributed by atoms with Crippen molar-refractivity contribution in [1.29, 1.82) is 0 Å². The van der Waals surface area contributed by atoms with Crippen LogP contribution in [0.3, 0.4) is 0 Å². The molecule has 0 atom stereocenters. The van der Waals surface area contributed by atoms with Gasteiger partial charge in [-0.15, -0.1) is 0 Å². The Morgan fingerprint density at radius 2 is 1.77 bits per heavy atom. The Morgan fingerprint density at radius 1 is 1.00 bits per heavy atom. The Hall–Kier alpha value is -3.35. The van der Waals surface area contributed by atoms with Crippen molar-refractivity contribution in [3.8, 4) is 5.75 Å². The molecule has 0 aromatic heterocycles. The average molecular weight is 456 g/mol. The second-order valence-electron chi connectivity index (χ2n) is 6.60. The molecule has 0 aliphatic carbocycles. The zero-order valence-corrected chi connectivity index (χ0v) is 18.1. The van der Waals surface area contributed by atoms with Crippen LogP contribution in [0.5, 0.6) is 5.75 Å². The highest BCUT2D eigenvalue weighted by molar-refractivity contribution is 6.39. The van der Waals surface area contributed by atoms with Gasteiger partial charge in [-0.2, -0.15) is 5.10 Å². The Labute approximate surface area is 189 Å². The minimum absolute atomic E-state index is 0.394. The van der Waals surface area contributed by atoms with Crippen molar-refractivity contribution in [2.75, 3.05) is 5.32 Å². The number of amides is 2. The van der Waals surface area contributed by atoms with Gasteiger partial charge in [0.15, 0.2) is 0 Å². The lowest BCUT2D eigenvalue weighted by Crippen LogP contribution is -2.32. The summed E-state index contributed by atoms with van der Waals surface area (Å²) in [5.74, 6) is -1.06. The molecule has 0 bridgehead atoms. The van der Waals surface area contributed by atoms with Crippen molar-refractivity contribution in [3.63, 3.8) is 0 Å². The number of nitrogens with one attached hydrogen (secondary N) is 2. The number of ether oxygens (including phenoxy) is 1. The van der Waals surface area contributed by atoms with Crippen molar-refractivity contribution in [1.82, 2.24) is 5.43 Å². The monoisotopic (exact) mass is 455 g/mol. The highest BCUT2D eigenvalue weighted by atomic mass is 35.5. The van der Waals surface area contributed by atoms with E-state index in [1.165, 1.54) is 6.21 Å². The van der Waals surface area contributed by atoms with Crippen LogP contribution < -0.4 is 15.5 Å². The molecule has 0 radical (unpaired) electrons. The van der Waals surface area contributed by atoms with E-state index in [2.05, 4.69) is 15.8 Å². The molecular weight excluding hydrogens is 437 g/mol. The van der Waals surface area contributed by atoms with Crippen molar-refractivity contribution in [3.05, 3.63) is 93.5 Å². The van der Waals surface area contributed by atoms with E-state index in [0.717, 1.165) is 16.7 Å². The smallest absolute Gasteiger partial charge is 0.329 e. The zero-order chi connectivity index (χ0) is 22.2. The topological polar surface area (TPSA) is 79.8 Å². The van der Waals surface area contributed by atoms with Gasteiger partial charge >= 0.3 is 11.8 Å². The van der Waals surface area contributed by atoms with E-state index >= 15 is 0 Å². The molecule has 0 fully saturated rings. The van der Waals surface area contributed by atoms with Crippen LogP contribution in [0.15, 0.2) is 71.8 Å². The second kappa shape index (κ2) is 10.6. The second-order valence-corrected chi connectivity index (χ2v) is 7.45. The number of aryl methyl sites for hydroxylation is 1. The maximum atomic E-state index is 11.9. The lowest BCUT2D eigenvalue weighted by Gasteiger charge is -2.07. The quantitative estimate of drug-likeness (QED) is 0.312. The van der Waals surface area contributed by atoms with Gasteiger partial charge < -0.3 is 10.1 Å². The van der Waals surface area contributed by atoms with Gasteiger partial charge in [-0.3, -0.25) is 9.59 Å². The summed E-state index contributed by atoms with van der Waals surface area (Å²) >= 11 is 12.0. The normalized spacial score (nSPS) is 10.7. The highest BCUT2D eigenvalue weighted by Crippen LogP contribution is 2.20. The number of hydrogen-bond acceptors (Lipinski definition) is 4. The number of rotatable bonds is 6. The van der Waals surface area contributed by atoms with E-state index in [1.54, 1.807) is 48.5 Å². The molecule has 0 aliphatic rings. The molecule has 31 heavy (non-hydrogen) atoms. The van der Waals surface area contributed by atoms with E-state index in [1.807, 2.05) is 25.1 Å². The predicted octanol–water partition coefficient (Wildman–Crippen LogP) is 4.97. The fourth-order valence-electron chi connectivity index (χ4n) is 2.52. The van der Waals surface area contributed by atoms with Crippen LogP contribution in [0.1, 0.15) is 16.7 Å². The first-order valence-electron chi connectivity index (χ1n) is 9.28. The first-order valence-corrected chi connectivity index (χ1v) is 10.0. The third-order valence-electron chi connectivity index (χ3n) is 4.19. The standard InChI is InChI=1S/C23H19Cl2N3O3/c1-15-5-8-19(12-21(15)25)27-22(29)23(30)28-26-13-16-6-9-20(10-7-16)31-14-17-3-2-4-18(24)11-17/h2-13H,14H2,1H3,(H,27,29)(H,28,30)/b26-13+. The first-order chi connectivity index (χ1) is 14.9. The van der Waals surface area contributed by atoms with Crippen LogP contribution in [0.4, 0.5) is 5.69 Å². The molecule has 0 aliphatic heterocycles. The van der Waals surface area contributed by atoms with Gasteiger partial charge in [-0.25, -0.2) is 5.43 Å². The molecule has 0 spiro atoms. The lowest BCUT2D eigenvalue weighted by molar-refractivity contribution is -0.136. The van der Waals surface area contributed by atoms with Crippen molar-refractivity contribution in [2.24, 2.45) is 5.10 Å². The number of carbonyl (C=O) groups is 2. The minimum Gasteiger partial charge on any atom is -0.489 e. The molecule has 0 unspecified atom stereocenters. The van der Waals surface area contributed by atoms with Gasteiger partial charge in [0.25, 0.3) is 0 Å². The van der Waals surface area contributed by atoms with Gasteiger partial charge in [0.1, 0.15) is 12.4 Å². The van der Waals surface area contributed by atoms with Gasteiger partial charge in [0.05, 0.1) is 6.21 Å². The number of halogens is 2.